The second-order valence-corrected chi connectivity index (χ2v) is 4.57. The predicted octanol–water partition coefficient (Wildman–Crippen LogP) is 3.11. The molecule has 0 aliphatic heterocycles. The van der Waals surface area contributed by atoms with E-state index in [1.165, 1.54) is 5.56 Å². The van der Waals surface area contributed by atoms with Crippen LogP contribution < -0.4 is 16.8 Å². The molecule has 0 amide bonds. The fourth-order valence-corrected chi connectivity index (χ4v) is 1.65. The summed E-state index contributed by atoms with van der Waals surface area (Å²) in [5.41, 5.74) is 14.1. The van der Waals surface area contributed by atoms with E-state index in [2.05, 4.69) is 36.3 Å². The molecule has 0 aliphatic rings. The first-order chi connectivity index (χ1) is 8.56. The van der Waals surface area contributed by atoms with Crippen molar-refractivity contribution in [2.45, 2.75) is 19.8 Å². The van der Waals surface area contributed by atoms with E-state index < -0.39 is 0 Å². The van der Waals surface area contributed by atoms with Crippen LogP contribution >= 0.6 is 0 Å². The number of rotatable bonds is 3. The molecular weight excluding hydrogens is 224 g/mol. The molecule has 0 unspecified atom stereocenters. The largest absolute Gasteiger partial charge is 0.396 e. The summed E-state index contributed by atoms with van der Waals surface area (Å²) >= 11 is 0. The summed E-state index contributed by atoms with van der Waals surface area (Å²) in [6.07, 6.45) is 0. The van der Waals surface area contributed by atoms with Gasteiger partial charge < -0.3 is 16.8 Å². The van der Waals surface area contributed by atoms with E-state index in [-0.39, 0.29) is 0 Å². The van der Waals surface area contributed by atoms with Gasteiger partial charge in [0.15, 0.2) is 0 Å². The third kappa shape index (κ3) is 2.71. The van der Waals surface area contributed by atoms with Gasteiger partial charge in [-0.05, 0) is 35.7 Å². The number of aromatic nitrogens is 1. The highest BCUT2D eigenvalue weighted by Crippen LogP contribution is 2.21. The molecule has 94 valence electrons. The van der Waals surface area contributed by atoms with Crippen LogP contribution in [0, 0.1) is 0 Å². The second kappa shape index (κ2) is 4.96. The highest BCUT2D eigenvalue weighted by molar-refractivity contribution is 5.65. The molecule has 0 atom stereocenters. The quantitative estimate of drug-likeness (QED) is 0.772. The topological polar surface area (TPSA) is 77.0 Å². The third-order valence-electron chi connectivity index (χ3n) is 2.81. The number of nitrogens with one attached hydrogen (secondary N) is 1. The van der Waals surface area contributed by atoms with E-state index in [4.69, 9.17) is 11.5 Å². The fourth-order valence-electron chi connectivity index (χ4n) is 1.65. The zero-order valence-corrected chi connectivity index (χ0v) is 10.6. The number of nitrogens with two attached hydrogens (primary N) is 2. The van der Waals surface area contributed by atoms with Crippen molar-refractivity contribution in [3.8, 4) is 0 Å². The maximum Gasteiger partial charge on any atom is 0.149 e. The van der Waals surface area contributed by atoms with Crippen LogP contribution in [0.15, 0.2) is 36.4 Å². The van der Waals surface area contributed by atoms with E-state index in [0.29, 0.717) is 23.2 Å². The molecular formula is C14H18N4. The molecule has 0 bridgehead atoms. The summed E-state index contributed by atoms with van der Waals surface area (Å²) in [5, 5.41) is 3.19. The summed E-state index contributed by atoms with van der Waals surface area (Å²) < 4.78 is 0. The van der Waals surface area contributed by atoms with E-state index in [1.807, 2.05) is 18.2 Å². The van der Waals surface area contributed by atoms with Gasteiger partial charge in [0.1, 0.15) is 11.6 Å². The monoisotopic (exact) mass is 242 g/mol. The van der Waals surface area contributed by atoms with Crippen molar-refractivity contribution >= 4 is 23.0 Å². The Hall–Kier alpha value is -2.23. The molecule has 1 aromatic carbocycles. The number of nitrogen functional groups attached to an aromatic ring is 2. The van der Waals surface area contributed by atoms with Crippen LogP contribution in [0.4, 0.5) is 23.0 Å². The van der Waals surface area contributed by atoms with Gasteiger partial charge in [0, 0.05) is 5.69 Å². The van der Waals surface area contributed by atoms with Gasteiger partial charge in [0.25, 0.3) is 0 Å². The Kier molecular flexibility index (Phi) is 3.37. The molecule has 4 nitrogen and oxygen atoms in total. The smallest absolute Gasteiger partial charge is 0.149 e. The number of hydrogen-bond acceptors (Lipinski definition) is 4. The van der Waals surface area contributed by atoms with Gasteiger partial charge in [-0.2, -0.15) is 0 Å². The van der Waals surface area contributed by atoms with Crippen LogP contribution in [0.2, 0.25) is 0 Å². The average molecular weight is 242 g/mol. The van der Waals surface area contributed by atoms with Crippen molar-refractivity contribution in [3.05, 3.63) is 42.0 Å². The molecule has 0 aliphatic carbocycles. The van der Waals surface area contributed by atoms with Crippen molar-refractivity contribution in [1.29, 1.82) is 0 Å². The SMILES string of the molecule is CC(C)c1ccc(Nc2ccc(N)c(N)n2)cc1. The minimum absolute atomic E-state index is 0.346. The van der Waals surface area contributed by atoms with Gasteiger partial charge >= 0.3 is 0 Å². The van der Waals surface area contributed by atoms with Crippen LogP contribution in [0.3, 0.4) is 0 Å². The molecule has 0 saturated heterocycles. The van der Waals surface area contributed by atoms with Crippen LogP contribution in [0.5, 0.6) is 0 Å². The van der Waals surface area contributed by atoms with E-state index in [0.717, 1.165) is 5.69 Å². The standard InChI is InChI=1S/C14H18N4/c1-9(2)10-3-5-11(6-4-10)17-13-8-7-12(15)14(16)18-13/h3-9H,15H2,1-2H3,(H3,16,17,18). The van der Waals surface area contributed by atoms with Gasteiger partial charge in [-0.1, -0.05) is 26.0 Å². The summed E-state index contributed by atoms with van der Waals surface area (Å²) in [5.74, 6) is 1.57. The van der Waals surface area contributed by atoms with Crippen molar-refractivity contribution in [2.75, 3.05) is 16.8 Å². The highest BCUT2D eigenvalue weighted by atomic mass is 15.0. The van der Waals surface area contributed by atoms with Gasteiger partial charge in [-0.15, -0.1) is 0 Å². The highest BCUT2D eigenvalue weighted by Gasteiger charge is 2.01. The fraction of sp³-hybridized carbons (Fsp3) is 0.214. The first-order valence-corrected chi connectivity index (χ1v) is 5.95. The Bertz CT molecular complexity index is 532. The predicted molar refractivity (Wildman–Crippen MR) is 76.9 cm³/mol. The summed E-state index contributed by atoms with van der Waals surface area (Å²) in [4.78, 5) is 4.17. The molecule has 0 radical (unpaired) electrons. The lowest BCUT2D eigenvalue weighted by Gasteiger charge is -2.09. The van der Waals surface area contributed by atoms with Crippen molar-refractivity contribution in [2.24, 2.45) is 0 Å². The minimum Gasteiger partial charge on any atom is -0.396 e. The first-order valence-electron chi connectivity index (χ1n) is 5.95. The molecule has 1 aromatic heterocycles. The Morgan fingerprint density at radius 1 is 1.00 bits per heavy atom. The van der Waals surface area contributed by atoms with E-state index >= 15 is 0 Å². The summed E-state index contributed by atoms with van der Waals surface area (Å²) in [7, 11) is 0. The molecule has 0 spiro atoms. The lowest BCUT2D eigenvalue weighted by molar-refractivity contribution is 0.867. The van der Waals surface area contributed by atoms with Crippen LogP contribution in [0.25, 0.3) is 0 Å². The lowest BCUT2D eigenvalue weighted by atomic mass is 10.0. The number of hydrogen-bond donors (Lipinski definition) is 3. The Labute approximate surface area is 107 Å². The normalized spacial score (nSPS) is 10.6. The third-order valence-corrected chi connectivity index (χ3v) is 2.81. The van der Waals surface area contributed by atoms with Gasteiger partial charge in [0.05, 0.1) is 5.69 Å². The van der Waals surface area contributed by atoms with E-state index in [1.54, 1.807) is 6.07 Å². The lowest BCUT2D eigenvalue weighted by Crippen LogP contribution is -2.01. The van der Waals surface area contributed by atoms with Gasteiger partial charge in [-0.3, -0.25) is 0 Å². The average Bonchev–Trinajstić information content (AvgIpc) is 2.34. The number of anilines is 4. The maximum atomic E-state index is 5.66. The molecule has 18 heavy (non-hydrogen) atoms. The first kappa shape index (κ1) is 12.2. The maximum absolute atomic E-state index is 5.66. The zero-order valence-electron chi connectivity index (χ0n) is 10.6. The van der Waals surface area contributed by atoms with E-state index in [9.17, 15) is 0 Å². The summed E-state index contributed by atoms with van der Waals surface area (Å²) in [6.45, 7) is 4.34. The number of pyridine rings is 1. The minimum atomic E-state index is 0.346. The molecule has 2 aromatic rings. The van der Waals surface area contributed by atoms with Crippen LogP contribution in [0.1, 0.15) is 25.3 Å². The van der Waals surface area contributed by atoms with Crippen molar-refractivity contribution in [1.82, 2.24) is 4.98 Å². The van der Waals surface area contributed by atoms with Gasteiger partial charge in [-0.25, -0.2) is 4.98 Å². The van der Waals surface area contributed by atoms with Crippen LogP contribution in [-0.4, -0.2) is 4.98 Å². The van der Waals surface area contributed by atoms with Crippen molar-refractivity contribution in [3.63, 3.8) is 0 Å². The molecule has 0 fully saturated rings. The number of benzene rings is 1. The molecule has 5 N–H and O–H groups in total. The molecule has 4 heteroatoms. The van der Waals surface area contributed by atoms with Gasteiger partial charge in [0.2, 0.25) is 0 Å². The number of nitrogens with zero attached hydrogens (tertiary/aromatic N) is 1. The molecule has 0 saturated carbocycles. The van der Waals surface area contributed by atoms with Crippen molar-refractivity contribution < 1.29 is 0 Å². The molecule has 1 heterocycles. The Morgan fingerprint density at radius 2 is 1.67 bits per heavy atom. The van der Waals surface area contributed by atoms with Crippen LogP contribution in [-0.2, 0) is 0 Å². The second-order valence-electron chi connectivity index (χ2n) is 4.57. The Morgan fingerprint density at radius 3 is 2.22 bits per heavy atom. The summed E-state index contributed by atoms with van der Waals surface area (Å²) in [6, 6.07) is 11.8. The zero-order chi connectivity index (χ0) is 13.1. The molecule has 2 rings (SSSR count). The Balaban J connectivity index is 2.15.